The Bertz CT molecular complexity index is 553. The van der Waals surface area contributed by atoms with Gasteiger partial charge in [0.2, 0.25) is 0 Å². The smallest absolute Gasteiger partial charge is 0.315 e. The van der Waals surface area contributed by atoms with Crippen LogP contribution in [0.3, 0.4) is 0 Å². The number of amides is 2. The summed E-state index contributed by atoms with van der Waals surface area (Å²) in [5.41, 5.74) is 1.42. The molecule has 0 radical (unpaired) electrons. The van der Waals surface area contributed by atoms with E-state index in [1.807, 2.05) is 0 Å². The number of hydrogen-bond acceptors (Lipinski definition) is 2. The molecule has 1 heterocycles. The van der Waals surface area contributed by atoms with Crippen molar-refractivity contribution in [3.63, 3.8) is 0 Å². The van der Waals surface area contributed by atoms with Gasteiger partial charge in [-0.2, -0.15) is 0 Å². The monoisotopic (exact) mass is 262 g/mol. The van der Waals surface area contributed by atoms with Gasteiger partial charge in [0.1, 0.15) is 11.6 Å². The van der Waals surface area contributed by atoms with Crippen LogP contribution in [0.1, 0.15) is 16.9 Å². The standard InChI is InChI=1S/C14H15FN2O2/c1-10-7-11(4-5-13(10)15)8-16-14(18)17-9-12-3-2-6-19-12/h2-7H,8-9H2,1H3,(H2,16,17,18). The number of rotatable bonds is 4. The molecule has 0 aliphatic rings. The highest BCUT2D eigenvalue weighted by Gasteiger charge is 2.03. The largest absolute Gasteiger partial charge is 0.467 e. The quantitative estimate of drug-likeness (QED) is 0.890. The molecule has 0 fully saturated rings. The first-order valence-corrected chi connectivity index (χ1v) is 5.94. The van der Waals surface area contributed by atoms with Gasteiger partial charge in [0.15, 0.2) is 0 Å². The molecular weight excluding hydrogens is 247 g/mol. The van der Waals surface area contributed by atoms with Crippen molar-refractivity contribution in [1.29, 1.82) is 0 Å². The van der Waals surface area contributed by atoms with E-state index in [0.29, 0.717) is 24.4 Å². The second-order valence-corrected chi connectivity index (χ2v) is 4.20. The number of benzene rings is 1. The zero-order chi connectivity index (χ0) is 13.7. The average molecular weight is 262 g/mol. The molecule has 0 atom stereocenters. The first-order chi connectivity index (χ1) is 9.15. The highest BCUT2D eigenvalue weighted by molar-refractivity contribution is 5.73. The Morgan fingerprint density at radius 2 is 2.05 bits per heavy atom. The van der Waals surface area contributed by atoms with Crippen LogP contribution < -0.4 is 10.6 Å². The maximum atomic E-state index is 13.1. The van der Waals surface area contributed by atoms with Gasteiger partial charge in [-0.25, -0.2) is 9.18 Å². The fourth-order valence-electron chi connectivity index (χ4n) is 1.64. The molecule has 2 rings (SSSR count). The van der Waals surface area contributed by atoms with E-state index in [1.54, 1.807) is 37.5 Å². The van der Waals surface area contributed by atoms with E-state index in [1.165, 1.54) is 6.07 Å². The molecule has 5 heteroatoms. The molecule has 0 aliphatic carbocycles. The highest BCUT2D eigenvalue weighted by atomic mass is 19.1. The predicted molar refractivity (Wildman–Crippen MR) is 68.9 cm³/mol. The summed E-state index contributed by atoms with van der Waals surface area (Å²) >= 11 is 0. The second kappa shape index (κ2) is 6.04. The van der Waals surface area contributed by atoms with Gasteiger partial charge in [0.25, 0.3) is 0 Å². The number of halogens is 1. The van der Waals surface area contributed by atoms with Gasteiger partial charge in [-0.15, -0.1) is 0 Å². The van der Waals surface area contributed by atoms with E-state index in [9.17, 15) is 9.18 Å². The Kier molecular flexibility index (Phi) is 4.18. The van der Waals surface area contributed by atoms with Gasteiger partial charge in [-0.05, 0) is 36.2 Å². The number of hydrogen-bond donors (Lipinski definition) is 2. The lowest BCUT2D eigenvalue weighted by Gasteiger charge is -2.07. The van der Waals surface area contributed by atoms with Crippen LogP contribution in [-0.2, 0) is 13.1 Å². The first-order valence-electron chi connectivity index (χ1n) is 5.94. The number of carbonyl (C=O) groups excluding carboxylic acids is 1. The van der Waals surface area contributed by atoms with Crippen LogP contribution in [0.2, 0.25) is 0 Å². The summed E-state index contributed by atoms with van der Waals surface area (Å²) in [6, 6.07) is 8.00. The van der Waals surface area contributed by atoms with Crippen LogP contribution in [-0.4, -0.2) is 6.03 Å². The van der Waals surface area contributed by atoms with Crippen LogP contribution in [0.25, 0.3) is 0 Å². The van der Waals surface area contributed by atoms with E-state index in [0.717, 1.165) is 5.56 Å². The number of urea groups is 1. The van der Waals surface area contributed by atoms with Crippen molar-refractivity contribution in [3.05, 3.63) is 59.3 Å². The van der Waals surface area contributed by atoms with Gasteiger partial charge >= 0.3 is 6.03 Å². The number of aryl methyl sites for hydroxylation is 1. The summed E-state index contributed by atoms with van der Waals surface area (Å²) in [6.07, 6.45) is 1.55. The zero-order valence-electron chi connectivity index (χ0n) is 10.6. The fraction of sp³-hybridized carbons (Fsp3) is 0.214. The molecule has 2 amide bonds. The Morgan fingerprint density at radius 3 is 2.74 bits per heavy atom. The Labute approximate surface area is 110 Å². The molecule has 0 saturated carbocycles. The van der Waals surface area contributed by atoms with Crippen molar-refractivity contribution in [2.45, 2.75) is 20.0 Å². The van der Waals surface area contributed by atoms with Crippen molar-refractivity contribution in [2.24, 2.45) is 0 Å². The van der Waals surface area contributed by atoms with Crippen LogP contribution in [0.4, 0.5) is 9.18 Å². The van der Waals surface area contributed by atoms with E-state index < -0.39 is 0 Å². The first kappa shape index (κ1) is 13.1. The van der Waals surface area contributed by atoms with Gasteiger partial charge in [0, 0.05) is 6.54 Å². The Morgan fingerprint density at radius 1 is 1.26 bits per heavy atom. The molecule has 2 aromatic rings. The van der Waals surface area contributed by atoms with Crippen molar-refractivity contribution in [1.82, 2.24) is 10.6 Å². The van der Waals surface area contributed by atoms with E-state index >= 15 is 0 Å². The van der Waals surface area contributed by atoms with Gasteiger partial charge in [-0.3, -0.25) is 0 Å². The lowest BCUT2D eigenvalue weighted by molar-refractivity contribution is 0.239. The molecule has 0 aliphatic heterocycles. The predicted octanol–water partition coefficient (Wildman–Crippen LogP) is 2.73. The van der Waals surface area contributed by atoms with Crippen molar-refractivity contribution >= 4 is 6.03 Å². The van der Waals surface area contributed by atoms with Crippen LogP contribution in [0.5, 0.6) is 0 Å². The molecule has 4 nitrogen and oxygen atoms in total. The Balaban J connectivity index is 1.78. The van der Waals surface area contributed by atoms with Crippen molar-refractivity contribution in [2.75, 3.05) is 0 Å². The van der Waals surface area contributed by atoms with Crippen LogP contribution >= 0.6 is 0 Å². The van der Waals surface area contributed by atoms with E-state index in [4.69, 9.17) is 4.42 Å². The molecule has 19 heavy (non-hydrogen) atoms. The van der Waals surface area contributed by atoms with Crippen molar-refractivity contribution < 1.29 is 13.6 Å². The van der Waals surface area contributed by atoms with Gasteiger partial charge in [0.05, 0.1) is 12.8 Å². The van der Waals surface area contributed by atoms with E-state index in [-0.39, 0.29) is 11.8 Å². The molecule has 0 unspecified atom stereocenters. The number of furan rings is 1. The minimum atomic E-state index is -0.293. The SMILES string of the molecule is Cc1cc(CNC(=O)NCc2ccco2)ccc1F. The molecule has 1 aromatic carbocycles. The molecule has 2 N–H and O–H groups in total. The number of carbonyl (C=O) groups is 1. The summed E-state index contributed by atoms with van der Waals surface area (Å²) in [7, 11) is 0. The topological polar surface area (TPSA) is 54.3 Å². The number of nitrogens with one attached hydrogen (secondary N) is 2. The normalized spacial score (nSPS) is 10.2. The summed E-state index contributed by atoms with van der Waals surface area (Å²) in [5, 5.41) is 5.36. The summed E-state index contributed by atoms with van der Waals surface area (Å²) in [4.78, 5) is 11.5. The summed E-state index contributed by atoms with van der Waals surface area (Å²) in [5.74, 6) is 0.443. The summed E-state index contributed by atoms with van der Waals surface area (Å²) < 4.78 is 18.2. The highest BCUT2D eigenvalue weighted by Crippen LogP contribution is 2.08. The maximum absolute atomic E-state index is 13.1. The van der Waals surface area contributed by atoms with Crippen LogP contribution in [0.15, 0.2) is 41.0 Å². The summed E-state index contributed by atoms with van der Waals surface area (Å²) in [6.45, 7) is 2.38. The average Bonchev–Trinajstić information content (AvgIpc) is 2.91. The van der Waals surface area contributed by atoms with Crippen LogP contribution in [0, 0.1) is 12.7 Å². The molecule has 0 bridgehead atoms. The molecule has 1 aromatic heterocycles. The lowest BCUT2D eigenvalue weighted by Crippen LogP contribution is -2.34. The third kappa shape index (κ3) is 3.84. The third-order valence-electron chi connectivity index (χ3n) is 2.68. The molecular formula is C14H15FN2O2. The minimum Gasteiger partial charge on any atom is -0.467 e. The van der Waals surface area contributed by atoms with Gasteiger partial charge in [-0.1, -0.05) is 12.1 Å². The van der Waals surface area contributed by atoms with Crippen molar-refractivity contribution in [3.8, 4) is 0 Å². The minimum absolute atomic E-state index is 0.244. The van der Waals surface area contributed by atoms with Gasteiger partial charge < -0.3 is 15.1 Å². The second-order valence-electron chi connectivity index (χ2n) is 4.20. The lowest BCUT2D eigenvalue weighted by atomic mass is 10.1. The zero-order valence-corrected chi connectivity index (χ0v) is 10.6. The Hall–Kier alpha value is -2.30. The maximum Gasteiger partial charge on any atom is 0.315 e. The molecule has 0 saturated heterocycles. The third-order valence-corrected chi connectivity index (χ3v) is 2.68. The molecule has 100 valence electrons. The molecule has 0 spiro atoms. The fourth-order valence-corrected chi connectivity index (χ4v) is 1.64. The van der Waals surface area contributed by atoms with E-state index in [2.05, 4.69) is 10.6 Å².